The second kappa shape index (κ2) is 3.86. The number of aromatic nitrogens is 2. The van der Waals surface area contributed by atoms with Crippen LogP contribution in [0, 0.1) is 0 Å². The van der Waals surface area contributed by atoms with Crippen LogP contribution in [-0.2, 0) is 21.8 Å². The number of halogens is 1. The van der Waals surface area contributed by atoms with E-state index in [2.05, 4.69) is 9.97 Å². The highest BCUT2D eigenvalue weighted by atomic mass is 35.5. The van der Waals surface area contributed by atoms with E-state index in [9.17, 15) is 0 Å². The molecule has 0 radical (unpaired) electrons. The van der Waals surface area contributed by atoms with Crippen molar-refractivity contribution in [2.75, 3.05) is 7.11 Å². The monoisotopic (exact) mass is 256 g/mol. The number of rotatable bonds is 2. The number of methoxy groups -OCH3 is 1. The summed E-state index contributed by atoms with van der Waals surface area (Å²) in [5.41, 5.74) is 1.95. The lowest BCUT2D eigenvalue weighted by atomic mass is 9.79. The maximum absolute atomic E-state index is 6.20. The number of ether oxygens (including phenoxy) is 1. The number of fused-ring (bicyclic) bond motifs is 1. The SMILES string of the molecule is COC1(c2nc(Cl)c3c(n2)CSC3)CCC1. The quantitative estimate of drug-likeness (QED) is 0.763. The zero-order valence-corrected chi connectivity index (χ0v) is 10.7. The van der Waals surface area contributed by atoms with Crippen molar-refractivity contribution >= 4 is 23.4 Å². The van der Waals surface area contributed by atoms with Gasteiger partial charge in [0.2, 0.25) is 0 Å². The molecule has 1 aromatic rings. The van der Waals surface area contributed by atoms with Crippen LogP contribution in [0.4, 0.5) is 0 Å². The van der Waals surface area contributed by atoms with Gasteiger partial charge in [-0.1, -0.05) is 11.6 Å². The Labute approximate surface area is 104 Å². The van der Waals surface area contributed by atoms with Crippen LogP contribution < -0.4 is 0 Å². The molecule has 86 valence electrons. The summed E-state index contributed by atoms with van der Waals surface area (Å²) in [4.78, 5) is 9.06. The second-order valence-corrected chi connectivity index (χ2v) is 5.65. The lowest BCUT2D eigenvalue weighted by Crippen LogP contribution is -2.38. The molecule has 1 aliphatic carbocycles. The average Bonchev–Trinajstić information content (AvgIpc) is 2.65. The number of hydrogen-bond donors (Lipinski definition) is 0. The Balaban J connectivity index is 2.05. The third-order valence-electron chi connectivity index (χ3n) is 3.49. The first-order chi connectivity index (χ1) is 7.75. The van der Waals surface area contributed by atoms with E-state index in [4.69, 9.17) is 16.3 Å². The molecule has 2 aliphatic rings. The molecule has 1 saturated carbocycles. The van der Waals surface area contributed by atoms with Crippen LogP contribution in [0.2, 0.25) is 5.15 Å². The number of thioether (sulfide) groups is 1. The maximum atomic E-state index is 6.20. The van der Waals surface area contributed by atoms with Crippen LogP contribution in [0.15, 0.2) is 0 Å². The largest absolute Gasteiger partial charge is 0.370 e. The van der Waals surface area contributed by atoms with Gasteiger partial charge in [-0.15, -0.1) is 0 Å². The van der Waals surface area contributed by atoms with E-state index in [1.54, 1.807) is 7.11 Å². The van der Waals surface area contributed by atoms with Crippen LogP contribution in [0.5, 0.6) is 0 Å². The van der Waals surface area contributed by atoms with Crippen LogP contribution >= 0.6 is 23.4 Å². The van der Waals surface area contributed by atoms with Crippen LogP contribution in [0.25, 0.3) is 0 Å². The fourth-order valence-electron chi connectivity index (χ4n) is 2.23. The predicted molar refractivity (Wildman–Crippen MR) is 64.6 cm³/mol. The molecule has 0 N–H and O–H groups in total. The van der Waals surface area contributed by atoms with Gasteiger partial charge in [0.15, 0.2) is 5.82 Å². The minimum Gasteiger partial charge on any atom is -0.370 e. The van der Waals surface area contributed by atoms with E-state index < -0.39 is 0 Å². The molecule has 0 saturated heterocycles. The van der Waals surface area contributed by atoms with Crippen LogP contribution in [0.1, 0.15) is 36.3 Å². The van der Waals surface area contributed by atoms with E-state index >= 15 is 0 Å². The van der Waals surface area contributed by atoms with Gasteiger partial charge in [-0.3, -0.25) is 0 Å². The Bertz CT molecular complexity index is 429. The van der Waals surface area contributed by atoms with Gasteiger partial charge in [0.1, 0.15) is 10.8 Å². The molecule has 0 aromatic carbocycles. The third-order valence-corrected chi connectivity index (χ3v) is 4.77. The molecule has 2 heterocycles. The van der Waals surface area contributed by atoms with Crippen molar-refractivity contribution in [1.82, 2.24) is 9.97 Å². The highest BCUT2D eigenvalue weighted by Gasteiger charge is 2.42. The molecule has 1 aliphatic heterocycles. The van der Waals surface area contributed by atoms with Crippen molar-refractivity contribution in [3.63, 3.8) is 0 Å². The van der Waals surface area contributed by atoms with Crippen molar-refractivity contribution in [2.24, 2.45) is 0 Å². The fourth-order valence-corrected chi connectivity index (χ4v) is 3.61. The molecule has 0 atom stereocenters. The van der Waals surface area contributed by atoms with Gasteiger partial charge in [0.25, 0.3) is 0 Å². The van der Waals surface area contributed by atoms with Gasteiger partial charge in [0.05, 0.1) is 5.69 Å². The molecule has 0 unspecified atom stereocenters. The number of nitrogens with zero attached hydrogens (tertiary/aromatic N) is 2. The van der Waals surface area contributed by atoms with Crippen LogP contribution in [0.3, 0.4) is 0 Å². The van der Waals surface area contributed by atoms with Crippen LogP contribution in [-0.4, -0.2) is 17.1 Å². The van der Waals surface area contributed by atoms with Gasteiger partial charge in [-0.05, 0) is 19.3 Å². The zero-order chi connectivity index (χ0) is 11.2. The minimum absolute atomic E-state index is 0.258. The molecule has 1 fully saturated rings. The summed E-state index contributed by atoms with van der Waals surface area (Å²) in [6.07, 6.45) is 3.19. The summed E-state index contributed by atoms with van der Waals surface area (Å²) in [6, 6.07) is 0. The molecular weight excluding hydrogens is 244 g/mol. The molecular formula is C11H13ClN2OS. The lowest BCUT2D eigenvalue weighted by molar-refractivity contribution is -0.0847. The van der Waals surface area contributed by atoms with Crippen molar-refractivity contribution in [3.05, 3.63) is 22.2 Å². The summed E-state index contributed by atoms with van der Waals surface area (Å²) < 4.78 is 5.58. The van der Waals surface area contributed by atoms with E-state index in [1.165, 1.54) is 6.42 Å². The van der Waals surface area contributed by atoms with Gasteiger partial charge >= 0.3 is 0 Å². The van der Waals surface area contributed by atoms with E-state index in [0.29, 0.717) is 5.15 Å². The summed E-state index contributed by atoms with van der Waals surface area (Å²) >= 11 is 8.04. The normalized spacial score (nSPS) is 21.6. The average molecular weight is 257 g/mol. The van der Waals surface area contributed by atoms with Gasteiger partial charge in [-0.2, -0.15) is 11.8 Å². The molecule has 5 heteroatoms. The predicted octanol–water partition coefficient (Wildman–Crippen LogP) is 2.90. The Morgan fingerprint density at radius 3 is 2.75 bits per heavy atom. The standard InChI is InChI=1S/C11H13ClN2OS/c1-15-11(3-2-4-11)10-13-8-6-16-5-7(8)9(12)14-10/h2-6H2,1H3. The van der Waals surface area contributed by atoms with Crippen molar-refractivity contribution in [1.29, 1.82) is 0 Å². The first-order valence-corrected chi connectivity index (χ1v) is 6.97. The zero-order valence-electron chi connectivity index (χ0n) is 9.12. The highest BCUT2D eigenvalue weighted by Crippen LogP contribution is 2.44. The number of hydrogen-bond acceptors (Lipinski definition) is 4. The highest BCUT2D eigenvalue weighted by molar-refractivity contribution is 7.98. The minimum atomic E-state index is -0.258. The fraction of sp³-hybridized carbons (Fsp3) is 0.636. The first-order valence-electron chi connectivity index (χ1n) is 5.44. The van der Waals surface area contributed by atoms with Crippen molar-refractivity contribution in [3.8, 4) is 0 Å². The lowest BCUT2D eigenvalue weighted by Gasteiger charge is -2.38. The van der Waals surface area contributed by atoms with Gasteiger partial charge in [-0.25, -0.2) is 9.97 Å². The Kier molecular flexibility index (Phi) is 2.61. The van der Waals surface area contributed by atoms with Gasteiger partial charge in [0, 0.05) is 24.2 Å². The van der Waals surface area contributed by atoms with Crippen molar-refractivity contribution < 1.29 is 4.74 Å². The Hall–Kier alpha value is -0.320. The molecule has 3 nitrogen and oxygen atoms in total. The molecule has 0 bridgehead atoms. The molecule has 0 amide bonds. The summed E-state index contributed by atoms with van der Waals surface area (Å²) in [6.45, 7) is 0. The molecule has 1 aromatic heterocycles. The Morgan fingerprint density at radius 2 is 2.12 bits per heavy atom. The maximum Gasteiger partial charge on any atom is 0.162 e. The van der Waals surface area contributed by atoms with E-state index in [0.717, 1.165) is 41.4 Å². The molecule has 3 rings (SSSR count). The van der Waals surface area contributed by atoms with Gasteiger partial charge < -0.3 is 4.74 Å². The Morgan fingerprint density at radius 1 is 1.31 bits per heavy atom. The third kappa shape index (κ3) is 1.47. The molecule has 0 spiro atoms. The summed E-state index contributed by atoms with van der Waals surface area (Å²) in [5, 5.41) is 0.619. The molecule has 16 heavy (non-hydrogen) atoms. The van der Waals surface area contributed by atoms with E-state index in [1.807, 2.05) is 11.8 Å². The van der Waals surface area contributed by atoms with Crippen molar-refractivity contribution in [2.45, 2.75) is 36.4 Å². The van der Waals surface area contributed by atoms with E-state index in [-0.39, 0.29) is 5.60 Å². The summed E-state index contributed by atoms with van der Waals surface area (Å²) in [7, 11) is 1.73. The smallest absolute Gasteiger partial charge is 0.162 e. The second-order valence-electron chi connectivity index (χ2n) is 4.31. The first kappa shape index (κ1) is 10.8. The summed E-state index contributed by atoms with van der Waals surface area (Å²) in [5.74, 6) is 2.67. The topological polar surface area (TPSA) is 35.0 Å².